The van der Waals surface area contributed by atoms with Gasteiger partial charge in [0.05, 0.1) is 5.02 Å². The Kier molecular flexibility index (Phi) is 4.96. The molecule has 3 rings (SSSR count). The van der Waals surface area contributed by atoms with E-state index in [1.807, 2.05) is 54.6 Å². The molecule has 23 heavy (non-hydrogen) atoms. The standard InChI is InChI=1S/C20H17ClOSi/c1-2-16-13-14-20(19(21)15-16)22-23(17-9-5-3-6-10-17)18-11-7-4-8-12-18/h2-15,23H,1H2. The molecule has 0 N–H and O–H groups in total. The summed E-state index contributed by atoms with van der Waals surface area (Å²) < 4.78 is 6.39. The topological polar surface area (TPSA) is 9.23 Å². The molecule has 0 amide bonds. The van der Waals surface area contributed by atoms with Gasteiger partial charge in [-0.05, 0) is 28.1 Å². The van der Waals surface area contributed by atoms with Crippen molar-refractivity contribution in [3.05, 3.63) is 96.0 Å². The van der Waals surface area contributed by atoms with Crippen LogP contribution in [0.3, 0.4) is 0 Å². The Morgan fingerprint density at radius 2 is 1.39 bits per heavy atom. The van der Waals surface area contributed by atoms with Gasteiger partial charge in [-0.1, -0.05) is 91.0 Å². The maximum atomic E-state index is 6.39. The van der Waals surface area contributed by atoms with Crippen molar-refractivity contribution in [2.75, 3.05) is 0 Å². The van der Waals surface area contributed by atoms with Crippen molar-refractivity contribution >= 4 is 37.1 Å². The molecule has 114 valence electrons. The molecule has 0 unspecified atom stereocenters. The summed E-state index contributed by atoms with van der Waals surface area (Å²) in [5, 5.41) is 3.07. The molecule has 0 aliphatic rings. The maximum Gasteiger partial charge on any atom is 0.299 e. The predicted octanol–water partition coefficient (Wildman–Crippen LogP) is 3.90. The summed E-state index contributed by atoms with van der Waals surface area (Å²) in [6.07, 6.45) is 1.78. The van der Waals surface area contributed by atoms with Gasteiger partial charge in [-0.15, -0.1) is 0 Å². The Balaban J connectivity index is 1.98. The van der Waals surface area contributed by atoms with E-state index in [1.165, 1.54) is 10.4 Å². The summed E-state index contributed by atoms with van der Waals surface area (Å²) in [4.78, 5) is 0. The quantitative estimate of drug-likeness (QED) is 0.642. The van der Waals surface area contributed by atoms with Crippen LogP contribution in [0.1, 0.15) is 5.56 Å². The van der Waals surface area contributed by atoms with Crippen molar-refractivity contribution in [3.63, 3.8) is 0 Å². The third kappa shape index (κ3) is 3.73. The molecule has 0 heterocycles. The molecular formula is C20H17ClOSi. The van der Waals surface area contributed by atoms with E-state index in [4.69, 9.17) is 16.0 Å². The highest BCUT2D eigenvalue weighted by Crippen LogP contribution is 2.26. The second kappa shape index (κ2) is 7.31. The minimum absolute atomic E-state index is 0.617. The minimum Gasteiger partial charge on any atom is -0.536 e. The summed E-state index contributed by atoms with van der Waals surface area (Å²) in [6.45, 7) is 3.77. The van der Waals surface area contributed by atoms with Crippen LogP contribution in [0.5, 0.6) is 5.75 Å². The highest BCUT2D eigenvalue weighted by atomic mass is 35.5. The van der Waals surface area contributed by atoms with E-state index in [0.717, 1.165) is 11.3 Å². The van der Waals surface area contributed by atoms with Crippen LogP contribution in [-0.4, -0.2) is 9.04 Å². The molecule has 0 fully saturated rings. The number of rotatable bonds is 5. The lowest BCUT2D eigenvalue weighted by atomic mass is 10.2. The second-order valence-corrected chi connectivity index (χ2v) is 7.95. The van der Waals surface area contributed by atoms with E-state index in [0.29, 0.717) is 5.02 Å². The van der Waals surface area contributed by atoms with Crippen molar-refractivity contribution in [2.45, 2.75) is 0 Å². The molecule has 3 heteroatoms. The number of hydrogen-bond acceptors (Lipinski definition) is 1. The first-order chi connectivity index (χ1) is 11.3. The van der Waals surface area contributed by atoms with Crippen LogP contribution in [0.25, 0.3) is 6.08 Å². The molecule has 3 aromatic carbocycles. The monoisotopic (exact) mass is 336 g/mol. The van der Waals surface area contributed by atoms with Gasteiger partial charge in [-0.3, -0.25) is 0 Å². The summed E-state index contributed by atoms with van der Waals surface area (Å²) in [6, 6.07) is 26.5. The average Bonchev–Trinajstić information content (AvgIpc) is 2.62. The minimum atomic E-state index is -1.84. The SMILES string of the molecule is C=Cc1ccc(O[SiH](c2ccccc2)c2ccccc2)c(Cl)c1. The molecule has 0 atom stereocenters. The fraction of sp³-hybridized carbons (Fsp3) is 0. The molecule has 0 aromatic heterocycles. The molecule has 1 nitrogen and oxygen atoms in total. The normalized spacial score (nSPS) is 10.5. The van der Waals surface area contributed by atoms with Crippen molar-refractivity contribution in [1.82, 2.24) is 0 Å². The lowest BCUT2D eigenvalue weighted by molar-refractivity contribution is 0.592. The van der Waals surface area contributed by atoms with Gasteiger partial charge in [0.25, 0.3) is 9.04 Å². The smallest absolute Gasteiger partial charge is 0.299 e. The Hall–Kier alpha value is -2.29. The highest BCUT2D eigenvalue weighted by Gasteiger charge is 2.20. The van der Waals surface area contributed by atoms with Crippen molar-refractivity contribution in [2.24, 2.45) is 0 Å². The van der Waals surface area contributed by atoms with Gasteiger partial charge in [-0.25, -0.2) is 0 Å². The van der Waals surface area contributed by atoms with E-state index in [1.54, 1.807) is 6.08 Å². The molecule has 0 aliphatic heterocycles. The van der Waals surface area contributed by atoms with Crippen LogP contribution in [0, 0.1) is 0 Å². The zero-order valence-electron chi connectivity index (χ0n) is 12.7. The molecule has 0 saturated carbocycles. The molecule has 0 saturated heterocycles. The van der Waals surface area contributed by atoms with Gasteiger partial charge in [0.2, 0.25) is 0 Å². The molecule has 0 bridgehead atoms. The van der Waals surface area contributed by atoms with E-state index in [9.17, 15) is 0 Å². The van der Waals surface area contributed by atoms with E-state index < -0.39 is 9.04 Å². The molecule has 3 aromatic rings. The summed E-state index contributed by atoms with van der Waals surface area (Å²) in [5.74, 6) is 0.724. The molecule has 0 radical (unpaired) electrons. The first kappa shape index (κ1) is 15.6. The first-order valence-corrected chi connectivity index (χ1v) is 9.47. The summed E-state index contributed by atoms with van der Waals surface area (Å²) in [5.41, 5.74) is 0.986. The fourth-order valence-corrected chi connectivity index (χ4v) is 5.02. The van der Waals surface area contributed by atoms with Crippen LogP contribution >= 0.6 is 11.6 Å². The van der Waals surface area contributed by atoms with Crippen molar-refractivity contribution < 1.29 is 4.43 Å². The Labute approximate surface area is 143 Å². The van der Waals surface area contributed by atoms with Gasteiger partial charge < -0.3 is 4.43 Å². The van der Waals surface area contributed by atoms with Gasteiger partial charge >= 0.3 is 0 Å². The second-order valence-electron chi connectivity index (χ2n) is 5.21. The molecular weight excluding hydrogens is 320 g/mol. The van der Waals surface area contributed by atoms with Crippen LogP contribution in [0.15, 0.2) is 85.4 Å². The number of halogens is 1. The van der Waals surface area contributed by atoms with Gasteiger partial charge in [-0.2, -0.15) is 0 Å². The van der Waals surface area contributed by atoms with E-state index in [2.05, 4.69) is 30.8 Å². The predicted molar refractivity (Wildman–Crippen MR) is 101 cm³/mol. The zero-order valence-corrected chi connectivity index (χ0v) is 14.6. The molecule has 0 aliphatic carbocycles. The Morgan fingerprint density at radius 3 is 1.87 bits per heavy atom. The highest BCUT2D eigenvalue weighted by molar-refractivity contribution is 6.80. The maximum absolute atomic E-state index is 6.39. The third-order valence-corrected chi connectivity index (χ3v) is 6.41. The van der Waals surface area contributed by atoms with Crippen LogP contribution in [0.2, 0.25) is 5.02 Å². The summed E-state index contributed by atoms with van der Waals surface area (Å²) >= 11 is 6.38. The number of hydrogen-bond donors (Lipinski definition) is 0. The van der Waals surface area contributed by atoms with Crippen LogP contribution < -0.4 is 14.8 Å². The van der Waals surface area contributed by atoms with E-state index >= 15 is 0 Å². The molecule has 0 spiro atoms. The van der Waals surface area contributed by atoms with Crippen LogP contribution in [-0.2, 0) is 0 Å². The summed E-state index contributed by atoms with van der Waals surface area (Å²) in [7, 11) is -1.84. The van der Waals surface area contributed by atoms with Gasteiger partial charge in [0, 0.05) is 0 Å². The Morgan fingerprint density at radius 1 is 0.826 bits per heavy atom. The first-order valence-electron chi connectivity index (χ1n) is 7.46. The third-order valence-electron chi connectivity index (χ3n) is 3.64. The lowest BCUT2D eigenvalue weighted by Crippen LogP contribution is -2.47. The lowest BCUT2D eigenvalue weighted by Gasteiger charge is -2.19. The number of benzene rings is 3. The Bertz CT molecular complexity index is 748. The van der Waals surface area contributed by atoms with Gasteiger partial charge in [0.1, 0.15) is 5.75 Å². The van der Waals surface area contributed by atoms with Gasteiger partial charge in [0.15, 0.2) is 0 Å². The zero-order chi connectivity index (χ0) is 16.1. The fourth-order valence-electron chi connectivity index (χ4n) is 2.45. The van der Waals surface area contributed by atoms with Crippen molar-refractivity contribution in [3.8, 4) is 5.75 Å². The van der Waals surface area contributed by atoms with Crippen LogP contribution in [0.4, 0.5) is 0 Å². The van der Waals surface area contributed by atoms with E-state index in [-0.39, 0.29) is 0 Å². The van der Waals surface area contributed by atoms with Crippen molar-refractivity contribution in [1.29, 1.82) is 0 Å². The largest absolute Gasteiger partial charge is 0.536 e. The average molecular weight is 337 g/mol.